The maximum Gasteiger partial charge on any atom is 0.116 e. The number of thiol groups is 1. The highest BCUT2D eigenvalue weighted by Gasteiger charge is 2.32. The first-order valence-electron chi connectivity index (χ1n) is 5.34. The van der Waals surface area contributed by atoms with Gasteiger partial charge in [0.1, 0.15) is 6.33 Å². The second kappa shape index (κ2) is 5.21. The molecule has 0 aromatic carbocycles. The van der Waals surface area contributed by atoms with Crippen molar-refractivity contribution in [1.29, 1.82) is 0 Å². The van der Waals surface area contributed by atoms with Crippen molar-refractivity contribution in [3.8, 4) is 0 Å². The fourth-order valence-corrected chi connectivity index (χ4v) is 3.77. The van der Waals surface area contributed by atoms with Gasteiger partial charge in [0.2, 0.25) is 0 Å². The van der Waals surface area contributed by atoms with Crippen LogP contribution in [-0.4, -0.2) is 21.5 Å². The van der Waals surface area contributed by atoms with Crippen LogP contribution in [0.15, 0.2) is 23.6 Å². The van der Waals surface area contributed by atoms with Gasteiger partial charge in [-0.3, -0.25) is 0 Å². The fourth-order valence-electron chi connectivity index (χ4n) is 2.06. The van der Waals surface area contributed by atoms with Gasteiger partial charge in [-0.15, -0.1) is 11.8 Å². The fraction of sp³-hybridized carbons (Fsp3) is 0.636. The Morgan fingerprint density at radius 1 is 1.40 bits per heavy atom. The van der Waals surface area contributed by atoms with Crippen molar-refractivity contribution < 1.29 is 0 Å². The zero-order valence-corrected chi connectivity index (χ0v) is 10.4. The predicted molar refractivity (Wildman–Crippen MR) is 67.5 cm³/mol. The average Bonchev–Trinajstić information content (AvgIpc) is 2.77. The number of hydrogen-bond donors (Lipinski definition) is 1. The Morgan fingerprint density at radius 3 is 2.80 bits per heavy atom. The SMILES string of the molecule is SCC1(CSc2ccncn2)CCCC1. The molecule has 1 saturated carbocycles. The minimum atomic E-state index is 0.457. The quantitative estimate of drug-likeness (QED) is 0.497. The van der Waals surface area contributed by atoms with Crippen LogP contribution < -0.4 is 0 Å². The summed E-state index contributed by atoms with van der Waals surface area (Å²) in [5.74, 6) is 2.15. The van der Waals surface area contributed by atoms with E-state index >= 15 is 0 Å². The van der Waals surface area contributed by atoms with Crippen molar-refractivity contribution in [2.45, 2.75) is 30.7 Å². The van der Waals surface area contributed by atoms with E-state index in [1.165, 1.54) is 25.7 Å². The molecule has 1 aliphatic carbocycles. The van der Waals surface area contributed by atoms with Gasteiger partial charge in [0, 0.05) is 11.9 Å². The van der Waals surface area contributed by atoms with Crippen LogP contribution >= 0.6 is 24.4 Å². The van der Waals surface area contributed by atoms with E-state index in [4.69, 9.17) is 0 Å². The number of rotatable bonds is 4. The molecule has 1 aliphatic rings. The minimum Gasteiger partial charge on any atom is -0.245 e. The molecule has 15 heavy (non-hydrogen) atoms. The number of aromatic nitrogens is 2. The molecule has 0 radical (unpaired) electrons. The molecule has 0 atom stereocenters. The van der Waals surface area contributed by atoms with Gasteiger partial charge in [-0.1, -0.05) is 12.8 Å². The standard InChI is InChI=1S/C11H16N2S2/c14-7-11(4-1-2-5-11)8-15-10-3-6-12-9-13-10/h3,6,9,14H,1-2,4-5,7-8H2. The molecule has 0 bridgehead atoms. The Morgan fingerprint density at radius 2 is 2.20 bits per heavy atom. The molecule has 82 valence electrons. The van der Waals surface area contributed by atoms with E-state index in [0.717, 1.165) is 16.5 Å². The highest BCUT2D eigenvalue weighted by molar-refractivity contribution is 7.99. The number of hydrogen-bond acceptors (Lipinski definition) is 4. The number of thioether (sulfide) groups is 1. The van der Waals surface area contributed by atoms with Crippen molar-refractivity contribution in [3.05, 3.63) is 18.6 Å². The summed E-state index contributed by atoms with van der Waals surface area (Å²) in [7, 11) is 0. The summed E-state index contributed by atoms with van der Waals surface area (Å²) in [5.41, 5.74) is 0.457. The van der Waals surface area contributed by atoms with Gasteiger partial charge in [0.15, 0.2) is 0 Å². The van der Waals surface area contributed by atoms with Gasteiger partial charge in [-0.2, -0.15) is 12.6 Å². The van der Waals surface area contributed by atoms with Gasteiger partial charge in [-0.25, -0.2) is 9.97 Å². The summed E-state index contributed by atoms with van der Waals surface area (Å²) in [5, 5.41) is 1.08. The second-order valence-corrected chi connectivity index (χ2v) is 5.51. The van der Waals surface area contributed by atoms with Crippen molar-refractivity contribution in [2.75, 3.05) is 11.5 Å². The molecular weight excluding hydrogens is 224 g/mol. The maximum absolute atomic E-state index is 4.50. The minimum absolute atomic E-state index is 0.457. The molecule has 1 aromatic heterocycles. The molecule has 4 heteroatoms. The van der Waals surface area contributed by atoms with E-state index in [0.29, 0.717) is 5.41 Å². The molecule has 1 heterocycles. The molecule has 1 aromatic rings. The first kappa shape index (κ1) is 11.3. The Labute approximate surface area is 101 Å². The zero-order chi connectivity index (χ0) is 10.6. The summed E-state index contributed by atoms with van der Waals surface area (Å²) >= 11 is 6.34. The van der Waals surface area contributed by atoms with E-state index in [1.807, 2.05) is 17.8 Å². The third-order valence-electron chi connectivity index (χ3n) is 3.08. The van der Waals surface area contributed by atoms with Crippen LogP contribution in [0, 0.1) is 5.41 Å². The summed E-state index contributed by atoms with van der Waals surface area (Å²) in [6.45, 7) is 0. The summed E-state index contributed by atoms with van der Waals surface area (Å²) in [6.07, 6.45) is 8.81. The van der Waals surface area contributed by atoms with Crippen molar-refractivity contribution in [1.82, 2.24) is 9.97 Å². The lowest BCUT2D eigenvalue weighted by atomic mass is 9.91. The molecule has 2 nitrogen and oxygen atoms in total. The van der Waals surface area contributed by atoms with Crippen LogP contribution in [0.3, 0.4) is 0 Å². The van der Waals surface area contributed by atoms with Gasteiger partial charge < -0.3 is 0 Å². The van der Waals surface area contributed by atoms with Gasteiger partial charge in [0.05, 0.1) is 5.03 Å². The molecule has 0 unspecified atom stereocenters. The molecule has 0 N–H and O–H groups in total. The second-order valence-electron chi connectivity index (χ2n) is 4.20. The Balaban J connectivity index is 1.92. The van der Waals surface area contributed by atoms with E-state index < -0.39 is 0 Å². The molecule has 0 amide bonds. The van der Waals surface area contributed by atoms with Crippen LogP contribution in [-0.2, 0) is 0 Å². The van der Waals surface area contributed by atoms with E-state index in [1.54, 1.807) is 12.5 Å². The predicted octanol–water partition coefficient (Wildman–Crippen LogP) is 3.06. The Kier molecular flexibility index (Phi) is 3.92. The molecular formula is C11H16N2S2. The lowest BCUT2D eigenvalue weighted by molar-refractivity contribution is 0.403. The average molecular weight is 240 g/mol. The topological polar surface area (TPSA) is 25.8 Å². The Hall–Kier alpha value is -0.220. The summed E-state index contributed by atoms with van der Waals surface area (Å²) in [6, 6.07) is 1.98. The van der Waals surface area contributed by atoms with Crippen molar-refractivity contribution in [3.63, 3.8) is 0 Å². The van der Waals surface area contributed by atoms with Crippen molar-refractivity contribution >= 4 is 24.4 Å². The first-order valence-corrected chi connectivity index (χ1v) is 6.96. The summed E-state index contributed by atoms with van der Waals surface area (Å²) in [4.78, 5) is 8.16. The third-order valence-corrected chi connectivity index (χ3v) is 5.05. The van der Waals surface area contributed by atoms with E-state index in [2.05, 4.69) is 22.6 Å². The normalized spacial score (nSPS) is 19.3. The maximum atomic E-state index is 4.50. The molecule has 2 rings (SSSR count). The van der Waals surface area contributed by atoms with Crippen molar-refractivity contribution in [2.24, 2.45) is 5.41 Å². The largest absolute Gasteiger partial charge is 0.245 e. The van der Waals surface area contributed by atoms with Gasteiger partial charge in [0.25, 0.3) is 0 Å². The molecule has 0 saturated heterocycles. The molecule has 0 aliphatic heterocycles. The van der Waals surface area contributed by atoms with Crippen LogP contribution in [0.4, 0.5) is 0 Å². The van der Waals surface area contributed by atoms with Crippen LogP contribution in [0.5, 0.6) is 0 Å². The number of nitrogens with zero attached hydrogens (tertiary/aromatic N) is 2. The van der Waals surface area contributed by atoms with E-state index in [9.17, 15) is 0 Å². The first-order chi connectivity index (χ1) is 7.35. The van der Waals surface area contributed by atoms with Gasteiger partial charge in [-0.05, 0) is 30.1 Å². The summed E-state index contributed by atoms with van der Waals surface area (Å²) < 4.78 is 0. The Bertz CT molecular complexity index is 297. The molecule has 0 spiro atoms. The van der Waals surface area contributed by atoms with E-state index in [-0.39, 0.29) is 0 Å². The molecule has 1 fully saturated rings. The van der Waals surface area contributed by atoms with Crippen LogP contribution in [0.1, 0.15) is 25.7 Å². The zero-order valence-electron chi connectivity index (χ0n) is 8.72. The highest BCUT2D eigenvalue weighted by Crippen LogP contribution is 2.42. The van der Waals surface area contributed by atoms with Gasteiger partial charge >= 0.3 is 0 Å². The third kappa shape index (κ3) is 2.88. The lowest BCUT2D eigenvalue weighted by Crippen LogP contribution is -2.21. The van der Waals surface area contributed by atoms with Crippen LogP contribution in [0.2, 0.25) is 0 Å². The smallest absolute Gasteiger partial charge is 0.116 e. The highest BCUT2D eigenvalue weighted by atomic mass is 32.2. The monoisotopic (exact) mass is 240 g/mol. The van der Waals surface area contributed by atoms with Crippen LogP contribution in [0.25, 0.3) is 0 Å². The lowest BCUT2D eigenvalue weighted by Gasteiger charge is -2.25.